The van der Waals surface area contributed by atoms with Gasteiger partial charge in [-0.25, -0.2) is 9.97 Å². The van der Waals surface area contributed by atoms with Crippen LogP contribution < -0.4 is 10.1 Å². The van der Waals surface area contributed by atoms with Crippen molar-refractivity contribution in [1.29, 1.82) is 10.5 Å². The maximum absolute atomic E-state index is 9.77. The Bertz CT molecular complexity index is 1310. The second-order valence-electron chi connectivity index (χ2n) is 6.80. The van der Waals surface area contributed by atoms with Crippen molar-refractivity contribution in [3.8, 4) is 51.8 Å². The van der Waals surface area contributed by atoms with Gasteiger partial charge in [-0.3, -0.25) is 4.98 Å². The average molecular weight is 405 g/mol. The van der Waals surface area contributed by atoms with Gasteiger partial charge in [0.15, 0.2) is 0 Å². The summed E-state index contributed by atoms with van der Waals surface area (Å²) in [6, 6.07) is 13.2. The minimum absolute atomic E-state index is 0.311. The fraction of sp³-hybridized carbons (Fsp3) is 0.0870. The van der Waals surface area contributed by atoms with Crippen molar-refractivity contribution in [1.82, 2.24) is 19.9 Å². The maximum atomic E-state index is 9.77. The molecule has 1 aromatic carbocycles. The second-order valence-corrected chi connectivity index (χ2v) is 6.80. The van der Waals surface area contributed by atoms with Gasteiger partial charge >= 0.3 is 0 Å². The van der Waals surface area contributed by atoms with Gasteiger partial charge in [0.05, 0.1) is 40.9 Å². The number of ether oxygens (including phenoxy) is 1. The van der Waals surface area contributed by atoms with E-state index in [1.54, 1.807) is 30.7 Å². The van der Waals surface area contributed by atoms with E-state index >= 15 is 0 Å². The predicted molar refractivity (Wildman–Crippen MR) is 114 cm³/mol. The van der Waals surface area contributed by atoms with E-state index in [1.165, 1.54) is 0 Å². The fourth-order valence-electron chi connectivity index (χ4n) is 3.71. The summed E-state index contributed by atoms with van der Waals surface area (Å²) in [7, 11) is 0. The van der Waals surface area contributed by atoms with Crippen molar-refractivity contribution in [3.05, 3.63) is 60.0 Å². The van der Waals surface area contributed by atoms with Crippen molar-refractivity contribution in [3.63, 3.8) is 0 Å². The minimum Gasteiger partial charge on any atom is -0.494 e. The molecule has 2 N–H and O–H groups in total. The molecule has 5 rings (SSSR count). The lowest BCUT2D eigenvalue weighted by Crippen LogP contribution is -1.98. The molecule has 0 aliphatic carbocycles. The SMILES string of the molecule is CCOc1cc(C#N)c(-c2nc3c([nH]2)-c2ccncc2Nc2ncccc2-3)c(C#N)c1. The molecule has 0 atom stereocenters. The van der Waals surface area contributed by atoms with E-state index in [1.807, 2.05) is 25.1 Å². The third-order valence-corrected chi connectivity index (χ3v) is 5.01. The van der Waals surface area contributed by atoms with Crippen LogP contribution in [0.4, 0.5) is 11.5 Å². The van der Waals surface area contributed by atoms with Gasteiger partial charge in [0, 0.05) is 23.5 Å². The van der Waals surface area contributed by atoms with Crippen LogP contribution in [0.25, 0.3) is 33.9 Å². The molecule has 1 aliphatic heterocycles. The smallest absolute Gasteiger partial charge is 0.141 e. The van der Waals surface area contributed by atoms with Crippen LogP contribution in [0.15, 0.2) is 48.9 Å². The van der Waals surface area contributed by atoms with E-state index in [0.717, 1.165) is 22.5 Å². The molecule has 0 radical (unpaired) electrons. The number of nitriles is 2. The zero-order valence-corrected chi connectivity index (χ0v) is 16.5. The molecule has 0 fully saturated rings. The number of benzene rings is 1. The first-order chi connectivity index (χ1) is 15.2. The highest BCUT2D eigenvalue weighted by Crippen LogP contribution is 2.43. The molecule has 0 spiro atoms. The number of fused-ring (bicyclic) bond motifs is 5. The molecule has 1 aliphatic rings. The van der Waals surface area contributed by atoms with Crippen LogP contribution in [0.1, 0.15) is 18.1 Å². The summed E-state index contributed by atoms with van der Waals surface area (Å²) in [6.45, 7) is 2.28. The Kier molecular flexibility index (Phi) is 4.31. The first-order valence-corrected chi connectivity index (χ1v) is 9.61. The van der Waals surface area contributed by atoms with E-state index in [-0.39, 0.29) is 0 Å². The second kappa shape index (κ2) is 7.29. The van der Waals surface area contributed by atoms with E-state index in [4.69, 9.17) is 9.72 Å². The fourth-order valence-corrected chi connectivity index (χ4v) is 3.71. The van der Waals surface area contributed by atoms with Crippen molar-refractivity contribution in [2.75, 3.05) is 11.9 Å². The summed E-state index contributed by atoms with van der Waals surface area (Å²) >= 11 is 0. The normalized spacial score (nSPS) is 11.1. The molecule has 8 heteroatoms. The summed E-state index contributed by atoms with van der Waals surface area (Å²) in [5.41, 5.74) is 4.95. The largest absolute Gasteiger partial charge is 0.494 e. The van der Waals surface area contributed by atoms with Crippen LogP contribution in [-0.4, -0.2) is 26.5 Å². The molecule has 4 aromatic rings. The molecular formula is C23H15N7O. The predicted octanol–water partition coefficient (Wildman–Crippen LogP) is 4.40. The number of nitrogens with one attached hydrogen (secondary N) is 2. The number of nitrogens with zero attached hydrogens (tertiary/aromatic N) is 5. The monoisotopic (exact) mass is 405 g/mol. The van der Waals surface area contributed by atoms with Gasteiger partial charge in [-0.05, 0) is 37.3 Å². The molecule has 0 saturated carbocycles. The molecule has 148 valence electrons. The Hall–Kier alpha value is -4.69. The van der Waals surface area contributed by atoms with Gasteiger partial charge in [-0.2, -0.15) is 10.5 Å². The van der Waals surface area contributed by atoms with Gasteiger partial charge in [-0.15, -0.1) is 0 Å². The Morgan fingerprint density at radius 1 is 1.06 bits per heavy atom. The van der Waals surface area contributed by atoms with E-state index in [9.17, 15) is 10.5 Å². The quantitative estimate of drug-likeness (QED) is 0.456. The summed E-state index contributed by atoms with van der Waals surface area (Å²) in [5.74, 6) is 1.56. The molecule has 4 heterocycles. The van der Waals surface area contributed by atoms with Crippen molar-refractivity contribution >= 4 is 11.5 Å². The molecule has 8 nitrogen and oxygen atoms in total. The molecule has 0 unspecified atom stereocenters. The number of H-pyrrole nitrogens is 1. The summed E-state index contributed by atoms with van der Waals surface area (Å²) in [5, 5.41) is 22.8. The van der Waals surface area contributed by atoms with Crippen LogP contribution in [0.5, 0.6) is 5.75 Å². The van der Waals surface area contributed by atoms with Crippen molar-refractivity contribution in [2.45, 2.75) is 6.92 Å². The zero-order valence-electron chi connectivity index (χ0n) is 16.5. The van der Waals surface area contributed by atoms with Gasteiger partial charge in [0.2, 0.25) is 0 Å². The van der Waals surface area contributed by atoms with Gasteiger partial charge in [0.1, 0.15) is 35.2 Å². The lowest BCUT2D eigenvalue weighted by Gasteiger charge is -2.10. The van der Waals surface area contributed by atoms with Crippen LogP contribution in [-0.2, 0) is 0 Å². The third kappa shape index (κ3) is 2.95. The summed E-state index contributed by atoms with van der Waals surface area (Å²) in [4.78, 5) is 16.8. The number of hydrogen-bond acceptors (Lipinski definition) is 7. The third-order valence-electron chi connectivity index (χ3n) is 5.01. The number of rotatable bonds is 3. The van der Waals surface area contributed by atoms with Crippen LogP contribution in [0.2, 0.25) is 0 Å². The zero-order chi connectivity index (χ0) is 21.4. The first kappa shape index (κ1) is 18.3. The molecule has 3 aromatic heterocycles. The Morgan fingerprint density at radius 2 is 1.87 bits per heavy atom. The minimum atomic E-state index is 0.311. The van der Waals surface area contributed by atoms with Crippen LogP contribution in [0, 0.1) is 22.7 Å². The summed E-state index contributed by atoms with van der Waals surface area (Å²) < 4.78 is 5.52. The average Bonchev–Trinajstić information content (AvgIpc) is 3.18. The Morgan fingerprint density at radius 3 is 2.61 bits per heavy atom. The maximum Gasteiger partial charge on any atom is 0.141 e. The molecule has 0 bridgehead atoms. The number of aromatic amines is 1. The Labute approximate surface area is 177 Å². The Balaban J connectivity index is 1.79. The highest BCUT2D eigenvalue weighted by atomic mass is 16.5. The number of anilines is 2. The topological polar surface area (TPSA) is 123 Å². The van der Waals surface area contributed by atoms with Crippen molar-refractivity contribution < 1.29 is 4.74 Å². The molecule has 31 heavy (non-hydrogen) atoms. The number of imidazole rings is 1. The summed E-state index contributed by atoms with van der Waals surface area (Å²) in [6.07, 6.45) is 5.13. The standard InChI is InChI=1S/C23H15N7O/c1-2-31-15-8-13(10-24)19(14(9-15)11-25)23-29-20-16-5-7-26-12-18(16)28-22-17(21(20)30-23)4-3-6-27-22/h3-9,12H,2H2,1H3,(H,27,28)(H,29,30). The number of pyridine rings is 2. The lowest BCUT2D eigenvalue weighted by atomic mass is 10.0. The lowest BCUT2D eigenvalue weighted by molar-refractivity contribution is 0.340. The molecule has 0 amide bonds. The van der Waals surface area contributed by atoms with Gasteiger partial charge in [0.25, 0.3) is 0 Å². The first-order valence-electron chi connectivity index (χ1n) is 9.61. The van der Waals surface area contributed by atoms with Crippen LogP contribution in [0.3, 0.4) is 0 Å². The highest BCUT2D eigenvalue weighted by molar-refractivity contribution is 5.95. The number of aromatic nitrogens is 4. The van der Waals surface area contributed by atoms with E-state index in [0.29, 0.717) is 46.4 Å². The molecular weight excluding hydrogens is 390 g/mol. The van der Waals surface area contributed by atoms with Crippen molar-refractivity contribution in [2.24, 2.45) is 0 Å². The van der Waals surface area contributed by atoms with E-state index < -0.39 is 0 Å². The number of hydrogen-bond donors (Lipinski definition) is 2. The van der Waals surface area contributed by atoms with Gasteiger partial charge < -0.3 is 15.0 Å². The highest BCUT2D eigenvalue weighted by Gasteiger charge is 2.26. The molecule has 0 saturated heterocycles. The van der Waals surface area contributed by atoms with Gasteiger partial charge in [-0.1, -0.05) is 0 Å². The van der Waals surface area contributed by atoms with Crippen LogP contribution >= 0.6 is 0 Å². The van der Waals surface area contributed by atoms with E-state index in [2.05, 4.69) is 32.4 Å².